The van der Waals surface area contributed by atoms with Crippen LogP contribution in [0.25, 0.3) is 11.0 Å². The highest BCUT2D eigenvalue weighted by Gasteiger charge is 2.22. The summed E-state index contributed by atoms with van der Waals surface area (Å²) >= 11 is 0. The Bertz CT molecular complexity index is 1240. The van der Waals surface area contributed by atoms with Crippen molar-refractivity contribution in [2.45, 2.75) is 38.3 Å². The summed E-state index contributed by atoms with van der Waals surface area (Å²) in [5.41, 5.74) is 2.06. The standard InChI is InChI=1S/C21H25N5O5S/c1-3-25(4-2)32(28,29)16-6-7-18-17(12-16)23-24-26(18)10-9-21(27)22-13-15-5-8-19-20(11-15)31-14-30-19/h5-8,11-12H,3-4,9-10,13-14H2,1-2H3,(H,22,27). The summed E-state index contributed by atoms with van der Waals surface area (Å²) in [6.45, 7) is 5.29. The topological polar surface area (TPSA) is 116 Å². The summed E-state index contributed by atoms with van der Waals surface area (Å²) in [4.78, 5) is 12.5. The molecule has 10 nitrogen and oxygen atoms in total. The number of sulfonamides is 1. The van der Waals surface area contributed by atoms with Crippen LogP contribution in [0.15, 0.2) is 41.3 Å². The largest absolute Gasteiger partial charge is 0.454 e. The van der Waals surface area contributed by atoms with Crippen LogP contribution in [0.1, 0.15) is 25.8 Å². The van der Waals surface area contributed by atoms with Gasteiger partial charge in [-0.25, -0.2) is 13.1 Å². The normalized spacial score (nSPS) is 13.1. The minimum absolute atomic E-state index is 0.132. The first kappa shape index (κ1) is 22.0. The number of aryl methyl sites for hydroxylation is 1. The van der Waals surface area contributed by atoms with E-state index < -0.39 is 10.0 Å². The van der Waals surface area contributed by atoms with Crippen LogP contribution in [0.5, 0.6) is 11.5 Å². The first-order valence-corrected chi connectivity index (χ1v) is 11.8. The zero-order chi connectivity index (χ0) is 22.7. The van der Waals surface area contributed by atoms with Gasteiger partial charge in [-0.3, -0.25) is 4.79 Å². The van der Waals surface area contributed by atoms with E-state index in [0.717, 1.165) is 5.56 Å². The van der Waals surface area contributed by atoms with E-state index in [-0.39, 0.29) is 24.0 Å². The van der Waals surface area contributed by atoms with E-state index in [1.54, 1.807) is 30.7 Å². The molecule has 1 aliphatic heterocycles. The highest BCUT2D eigenvalue weighted by atomic mass is 32.2. The summed E-state index contributed by atoms with van der Waals surface area (Å²) in [5, 5.41) is 11.0. The first-order chi connectivity index (χ1) is 15.4. The van der Waals surface area contributed by atoms with E-state index in [2.05, 4.69) is 15.6 Å². The fourth-order valence-electron chi connectivity index (χ4n) is 3.54. The van der Waals surface area contributed by atoms with Gasteiger partial charge in [-0.1, -0.05) is 25.1 Å². The van der Waals surface area contributed by atoms with Crippen molar-refractivity contribution in [3.63, 3.8) is 0 Å². The van der Waals surface area contributed by atoms with Crippen molar-refractivity contribution in [3.05, 3.63) is 42.0 Å². The number of hydrogen-bond acceptors (Lipinski definition) is 7. The lowest BCUT2D eigenvalue weighted by Gasteiger charge is -2.18. The van der Waals surface area contributed by atoms with Gasteiger partial charge in [0.25, 0.3) is 0 Å². The minimum Gasteiger partial charge on any atom is -0.454 e. The molecule has 1 N–H and O–H groups in total. The molecule has 0 bridgehead atoms. The molecule has 0 aliphatic carbocycles. The number of ether oxygens (including phenoxy) is 2. The second-order valence-electron chi connectivity index (χ2n) is 7.27. The molecule has 0 saturated heterocycles. The molecule has 0 radical (unpaired) electrons. The van der Waals surface area contributed by atoms with Crippen molar-refractivity contribution in [1.29, 1.82) is 0 Å². The third-order valence-electron chi connectivity index (χ3n) is 5.31. The number of amides is 1. The Hall–Kier alpha value is -3.18. The molecule has 32 heavy (non-hydrogen) atoms. The zero-order valence-corrected chi connectivity index (χ0v) is 18.8. The molecule has 0 unspecified atom stereocenters. The van der Waals surface area contributed by atoms with Crippen LogP contribution < -0.4 is 14.8 Å². The van der Waals surface area contributed by atoms with Gasteiger partial charge in [0.1, 0.15) is 5.52 Å². The van der Waals surface area contributed by atoms with Gasteiger partial charge in [0.15, 0.2) is 11.5 Å². The fourth-order valence-corrected chi connectivity index (χ4v) is 5.02. The molecule has 11 heteroatoms. The molecule has 1 amide bonds. The highest BCUT2D eigenvalue weighted by molar-refractivity contribution is 7.89. The number of aromatic nitrogens is 3. The van der Waals surface area contributed by atoms with Gasteiger partial charge in [0, 0.05) is 26.1 Å². The average molecular weight is 460 g/mol. The van der Waals surface area contributed by atoms with Crippen LogP contribution in [-0.2, 0) is 27.9 Å². The van der Waals surface area contributed by atoms with Gasteiger partial charge in [-0.2, -0.15) is 4.31 Å². The van der Waals surface area contributed by atoms with Gasteiger partial charge < -0.3 is 14.8 Å². The van der Waals surface area contributed by atoms with Gasteiger partial charge >= 0.3 is 0 Å². The molecular formula is C21H25N5O5S. The predicted octanol–water partition coefficient (Wildman–Crippen LogP) is 1.90. The van der Waals surface area contributed by atoms with E-state index in [0.29, 0.717) is 48.7 Å². The van der Waals surface area contributed by atoms with Crippen LogP contribution in [-0.4, -0.2) is 53.5 Å². The van der Waals surface area contributed by atoms with Crippen molar-refractivity contribution in [1.82, 2.24) is 24.6 Å². The maximum Gasteiger partial charge on any atom is 0.243 e. The number of benzene rings is 2. The van der Waals surface area contributed by atoms with Crippen molar-refractivity contribution in [2.24, 2.45) is 0 Å². The van der Waals surface area contributed by atoms with Gasteiger partial charge in [0.2, 0.25) is 22.7 Å². The highest BCUT2D eigenvalue weighted by Crippen LogP contribution is 2.32. The number of carbonyl (C=O) groups is 1. The van der Waals surface area contributed by atoms with Gasteiger partial charge in [-0.05, 0) is 35.9 Å². The van der Waals surface area contributed by atoms with Crippen molar-refractivity contribution in [3.8, 4) is 11.5 Å². The molecule has 3 aromatic rings. The molecule has 1 aromatic heterocycles. The molecule has 0 atom stereocenters. The smallest absolute Gasteiger partial charge is 0.243 e. The number of nitrogens with one attached hydrogen (secondary N) is 1. The molecule has 0 fully saturated rings. The van der Waals surface area contributed by atoms with Crippen molar-refractivity contribution in [2.75, 3.05) is 19.9 Å². The third kappa shape index (κ3) is 4.39. The van der Waals surface area contributed by atoms with Crippen LogP contribution in [0, 0.1) is 0 Å². The lowest BCUT2D eigenvalue weighted by atomic mass is 10.2. The second kappa shape index (κ2) is 9.13. The molecule has 0 spiro atoms. The van der Waals surface area contributed by atoms with E-state index in [1.807, 2.05) is 18.2 Å². The fraction of sp³-hybridized carbons (Fsp3) is 0.381. The Morgan fingerprint density at radius 3 is 2.69 bits per heavy atom. The monoisotopic (exact) mass is 459 g/mol. The van der Waals surface area contributed by atoms with Crippen LogP contribution in [0.3, 0.4) is 0 Å². The van der Waals surface area contributed by atoms with E-state index in [4.69, 9.17) is 9.47 Å². The first-order valence-electron chi connectivity index (χ1n) is 10.4. The molecule has 170 valence electrons. The van der Waals surface area contributed by atoms with E-state index in [9.17, 15) is 13.2 Å². The lowest BCUT2D eigenvalue weighted by molar-refractivity contribution is -0.121. The Morgan fingerprint density at radius 2 is 1.91 bits per heavy atom. The summed E-state index contributed by atoms with van der Waals surface area (Å²) in [6.07, 6.45) is 0.211. The maximum atomic E-state index is 12.7. The number of hydrogen-bond donors (Lipinski definition) is 1. The minimum atomic E-state index is -3.57. The molecule has 4 rings (SSSR count). The summed E-state index contributed by atoms with van der Waals surface area (Å²) in [6, 6.07) is 10.3. The Labute approximate surface area is 186 Å². The van der Waals surface area contributed by atoms with E-state index >= 15 is 0 Å². The Morgan fingerprint density at radius 1 is 1.12 bits per heavy atom. The summed E-state index contributed by atoms with van der Waals surface area (Å²) in [7, 11) is -3.57. The molecule has 2 heterocycles. The lowest BCUT2D eigenvalue weighted by Crippen LogP contribution is -2.30. The van der Waals surface area contributed by atoms with Crippen molar-refractivity contribution < 1.29 is 22.7 Å². The van der Waals surface area contributed by atoms with E-state index in [1.165, 1.54) is 10.4 Å². The SMILES string of the molecule is CCN(CC)S(=O)(=O)c1ccc2c(c1)nnn2CCC(=O)NCc1ccc2c(c1)OCO2. The number of carbonyl (C=O) groups excluding carboxylic acids is 1. The summed E-state index contributed by atoms with van der Waals surface area (Å²) in [5.74, 6) is 1.24. The van der Waals surface area contributed by atoms with Gasteiger partial charge in [-0.15, -0.1) is 5.10 Å². The number of nitrogens with zero attached hydrogens (tertiary/aromatic N) is 4. The Balaban J connectivity index is 1.37. The Kier molecular flexibility index (Phi) is 6.28. The summed E-state index contributed by atoms with van der Waals surface area (Å²) < 4.78 is 39.0. The number of fused-ring (bicyclic) bond motifs is 2. The predicted molar refractivity (Wildman–Crippen MR) is 117 cm³/mol. The zero-order valence-electron chi connectivity index (χ0n) is 17.9. The van der Waals surface area contributed by atoms with Crippen molar-refractivity contribution >= 4 is 27.0 Å². The molecule has 2 aromatic carbocycles. The molecule has 1 aliphatic rings. The molecular weight excluding hydrogens is 434 g/mol. The van der Waals surface area contributed by atoms with Crippen LogP contribution >= 0.6 is 0 Å². The molecule has 0 saturated carbocycles. The van der Waals surface area contributed by atoms with Crippen LogP contribution in [0.2, 0.25) is 0 Å². The van der Waals surface area contributed by atoms with Crippen LogP contribution in [0.4, 0.5) is 0 Å². The number of rotatable bonds is 9. The third-order valence-corrected chi connectivity index (χ3v) is 7.35. The average Bonchev–Trinajstić information content (AvgIpc) is 3.42. The quantitative estimate of drug-likeness (QED) is 0.520. The van der Waals surface area contributed by atoms with Gasteiger partial charge in [0.05, 0.1) is 17.0 Å². The second-order valence-corrected chi connectivity index (χ2v) is 9.20. The maximum absolute atomic E-state index is 12.7.